The van der Waals surface area contributed by atoms with E-state index in [1.807, 2.05) is 133 Å². The summed E-state index contributed by atoms with van der Waals surface area (Å²) in [6, 6.07) is 25.2. The highest BCUT2D eigenvalue weighted by molar-refractivity contribution is 5.68. The second-order valence-electron chi connectivity index (χ2n) is 28.7. The maximum absolute atomic E-state index is 13.4. The highest BCUT2D eigenvalue weighted by Gasteiger charge is 2.57. The third-order valence-electron chi connectivity index (χ3n) is 21.5. The highest BCUT2D eigenvalue weighted by Crippen LogP contribution is 2.44. The van der Waals surface area contributed by atoms with E-state index in [0.29, 0.717) is 32.4 Å². The molecule has 1 amide bonds. The summed E-state index contributed by atoms with van der Waals surface area (Å²) < 4.78 is 103. The third-order valence-corrected chi connectivity index (χ3v) is 21.5. The lowest BCUT2D eigenvalue weighted by molar-refractivity contribution is -0.373. The van der Waals surface area contributed by atoms with Gasteiger partial charge in [0.1, 0.15) is 37.1 Å². The van der Waals surface area contributed by atoms with Crippen molar-refractivity contribution in [3.63, 3.8) is 0 Å². The second kappa shape index (κ2) is 40.0. The smallest absolute Gasteiger partial charge is 0.410 e. The summed E-state index contributed by atoms with van der Waals surface area (Å²) in [6.45, 7) is 20.4. The van der Waals surface area contributed by atoms with Crippen molar-refractivity contribution in [1.82, 2.24) is 4.90 Å². The molecule has 6 aliphatic rings. The van der Waals surface area contributed by atoms with Crippen LogP contribution in [0.2, 0.25) is 0 Å². The molecule has 30 atom stereocenters. The van der Waals surface area contributed by atoms with Gasteiger partial charge in [0.15, 0.2) is 49.9 Å². The van der Waals surface area contributed by atoms with E-state index in [0.717, 1.165) is 16.7 Å². The number of amides is 1. The Balaban J connectivity index is 0.843. The maximum Gasteiger partial charge on any atom is 0.410 e. The average molecular weight is 1490 g/mol. The minimum Gasteiger partial charge on any atom is -0.457 e. The van der Waals surface area contributed by atoms with Gasteiger partial charge >= 0.3 is 18.0 Å². The summed E-state index contributed by atoms with van der Waals surface area (Å²) in [7, 11) is 0. The zero-order chi connectivity index (χ0) is 76.3. The van der Waals surface area contributed by atoms with Gasteiger partial charge in [-0.15, -0.1) is 0 Å². The summed E-state index contributed by atoms with van der Waals surface area (Å²) in [5, 5.41) is 45.4. The number of ether oxygens (including phenoxy) is 16. The Hall–Kier alpha value is -6.84. The van der Waals surface area contributed by atoms with Gasteiger partial charge in [-0.2, -0.15) is 0 Å². The predicted octanol–water partition coefficient (Wildman–Crippen LogP) is 10.3. The fraction of sp³-hybridized carbons (Fsp3) is 0.716. The van der Waals surface area contributed by atoms with Crippen LogP contribution in [0.1, 0.15) is 119 Å². The molecule has 106 heavy (non-hydrogen) atoms. The van der Waals surface area contributed by atoms with Crippen molar-refractivity contribution in [2.45, 2.75) is 263 Å². The lowest BCUT2D eigenvalue weighted by Gasteiger charge is -2.51. The van der Waals surface area contributed by atoms with Gasteiger partial charge in [-0.1, -0.05) is 155 Å². The minimum atomic E-state index is -1.48. The normalized spacial score (nSPS) is 37.4. The molecule has 3 N–H and O–H groups in total. The van der Waals surface area contributed by atoms with Crippen molar-refractivity contribution in [1.29, 1.82) is 0 Å². The first-order valence-corrected chi connectivity index (χ1v) is 36.8. The molecule has 0 aliphatic carbocycles. The van der Waals surface area contributed by atoms with Crippen LogP contribution < -0.4 is 0 Å². The molecule has 0 spiro atoms. The van der Waals surface area contributed by atoms with E-state index in [4.69, 9.17) is 75.8 Å². The molecule has 0 aromatic heterocycles. The van der Waals surface area contributed by atoms with Gasteiger partial charge in [-0.05, 0) is 103 Å². The number of carbonyl (C=O) groups is 3. The largest absolute Gasteiger partial charge is 0.457 e. The summed E-state index contributed by atoms with van der Waals surface area (Å²) >= 11 is 0. The summed E-state index contributed by atoms with van der Waals surface area (Å²) in [6.07, 6.45) is -19.3. The molecular weight excluding hydrogens is 1380 g/mol. The van der Waals surface area contributed by atoms with Gasteiger partial charge < -0.3 is 96.0 Å². The number of rotatable bonds is 32. The average Bonchev–Trinajstić information content (AvgIpc) is 0.774. The number of aliphatic hydroxyl groups excluding tert-OH is 3. The molecule has 0 saturated carbocycles. The van der Waals surface area contributed by atoms with Crippen LogP contribution >= 0.6 is 0 Å². The van der Waals surface area contributed by atoms with Gasteiger partial charge in [0, 0.05) is 60.1 Å². The number of hydrogen-bond donors (Lipinski definition) is 3. The van der Waals surface area contributed by atoms with Crippen molar-refractivity contribution >= 4 is 18.0 Å². The molecule has 584 valence electrons. The van der Waals surface area contributed by atoms with Crippen LogP contribution in [-0.2, 0) is 105 Å². The first-order valence-electron chi connectivity index (χ1n) is 36.8. The zero-order valence-electron chi connectivity index (χ0n) is 62.3. The van der Waals surface area contributed by atoms with E-state index in [-0.39, 0.29) is 43.7 Å². The van der Waals surface area contributed by atoms with Gasteiger partial charge in [0.25, 0.3) is 0 Å². The van der Waals surface area contributed by atoms with Crippen LogP contribution in [0.15, 0.2) is 106 Å². The Morgan fingerprint density at radius 1 is 0.415 bits per heavy atom. The lowest BCUT2D eigenvalue weighted by atomic mass is 9.83. The van der Waals surface area contributed by atoms with Gasteiger partial charge in [-0.25, -0.2) is 4.79 Å². The Morgan fingerprint density at radius 3 is 1.34 bits per heavy atom. The van der Waals surface area contributed by atoms with Crippen LogP contribution in [0, 0.1) is 41.4 Å². The van der Waals surface area contributed by atoms with Crippen LogP contribution in [0.5, 0.6) is 0 Å². The topological polar surface area (TPSA) is 409 Å². The molecule has 3 aromatic carbocycles. The fourth-order valence-corrected chi connectivity index (χ4v) is 15.0. The van der Waals surface area contributed by atoms with E-state index >= 15 is 0 Å². The quantitative estimate of drug-likeness (QED) is 0.0131. The van der Waals surface area contributed by atoms with Gasteiger partial charge in [0.2, 0.25) is 0 Å². The zero-order valence-corrected chi connectivity index (χ0v) is 62.3. The van der Waals surface area contributed by atoms with Gasteiger partial charge in [0.05, 0.1) is 87.3 Å². The van der Waals surface area contributed by atoms with Gasteiger partial charge in [-0.3, -0.25) is 9.59 Å². The van der Waals surface area contributed by atoms with Crippen molar-refractivity contribution in [3.8, 4) is 0 Å². The molecule has 6 saturated heterocycles. The molecule has 3 aromatic rings. The van der Waals surface area contributed by atoms with E-state index in [9.17, 15) is 46.3 Å². The molecule has 32 heteroatoms. The van der Waals surface area contributed by atoms with E-state index in [1.165, 1.54) is 13.8 Å². The first kappa shape index (κ1) is 83.2. The molecule has 15 unspecified atom stereocenters. The summed E-state index contributed by atoms with van der Waals surface area (Å²) in [4.78, 5) is 50.3. The van der Waals surface area contributed by atoms with Crippen molar-refractivity contribution in [2.75, 3.05) is 33.0 Å². The third kappa shape index (κ3) is 20.9. The number of unbranched alkanes of at least 4 members (excludes halogenated alkanes) is 2. The van der Waals surface area contributed by atoms with Crippen LogP contribution in [0.25, 0.3) is 31.3 Å². The lowest BCUT2D eigenvalue weighted by Crippen LogP contribution is -2.65. The predicted molar refractivity (Wildman–Crippen MR) is 377 cm³/mol. The van der Waals surface area contributed by atoms with Crippen LogP contribution in [-0.4, -0.2) is 213 Å². The summed E-state index contributed by atoms with van der Waals surface area (Å²) in [5.41, 5.74) is 32.7. The Kier molecular flexibility index (Phi) is 31.4. The maximum atomic E-state index is 13.4. The number of nitrogens with zero attached hydrogens (tertiary/aromatic N) is 10. The second-order valence-corrected chi connectivity index (χ2v) is 28.7. The Labute approximate surface area is 618 Å². The number of carbonyl (C=O) groups excluding carboxylic acids is 3. The van der Waals surface area contributed by atoms with E-state index in [2.05, 4.69) is 30.1 Å². The molecule has 0 bridgehead atoms. The van der Waals surface area contributed by atoms with Crippen molar-refractivity contribution in [2.24, 2.45) is 56.8 Å². The molecule has 6 heterocycles. The molecule has 6 fully saturated rings. The molecule has 0 radical (unpaired) electrons. The molecule has 9 rings (SSSR count). The van der Waals surface area contributed by atoms with E-state index < -0.39 is 197 Å². The number of benzene rings is 3. The Bertz CT molecular complexity index is 3390. The van der Waals surface area contributed by atoms with Crippen LogP contribution in [0.3, 0.4) is 0 Å². The molecule has 6 aliphatic heterocycles. The van der Waals surface area contributed by atoms with Crippen LogP contribution in [0.4, 0.5) is 4.79 Å². The SMILES string of the molecule is CC(=O)OC1C(C)[C@H](C)C(C)O[C@H]1O[C@@H]1C(CO)O[C@H](O[C@@H]2C(C)O[C@@H](O[C@@H]3C(CO)O[C@H](O[C@@H]4C(C)O[C@@H](O[C@H]5C(C)C(N=[N+]=[N-])[C@@H](OCCCCCN(Cc6ccccc6)C(=O)OCc6ccccc6)O[C@H]5CO)C(C)C4C)C(N=[N+]=[N-])[C@H]3C)C(OC(C)=O)[C@@H]2OCc2ccccc2)C(N=[N+]=[N-])C1C. The van der Waals surface area contributed by atoms with Crippen molar-refractivity contribution in [3.05, 3.63) is 139 Å². The van der Waals surface area contributed by atoms with E-state index in [1.54, 1.807) is 32.6 Å². The Morgan fingerprint density at radius 2 is 0.830 bits per heavy atom. The first-order chi connectivity index (χ1) is 51.0. The highest BCUT2D eigenvalue weighted by atomic mass is 16.8. The number of hydrogen-bond acceptors (Lipinski definition) is 25. The summed E-state index contributed by atoms with van der Waals surface area (Å²) in [5.74, 6) is -4.36. The fourth-order valence-electron chi connectivity index (χ4n) is 15.0. The molecular formula is C74H106N10O22. The number of aliphatic hydroxyl groups is 3. The number of esters is 2. The minimum absolute atomic E-state index is 0.0166. The monoisotopic (exact) mass is 1490 g/mol. The number of azide groups is 3. The standard InChI is InChI=1S/C74H106N10O22/c1-39-40(2)64(97-49(11)88)72(94-46(39)8)104-62-45(7)59(80-83-77)71(101-55(62)35-86)106-65-48(10)96-73(67(98-50(12)89)66(65)92-37-52-27-19-14-20-28-52)105-63-44(6)58(79-82-76)70(100-56(63)36-87)102-60-41(3)42(4)68(95-47(60)9)103-61-43(5)57(78-81-75)69(99-54(61)34-85)91-32-24-16-23-31-84(33-51-25-17-13-18-26-51)74(90)93-38-53-29-21-15-22-30-53/h13-15,17-22,25-30,39-48,54-73,85-87H,16,23-24,31-38H2,1-12H3/t39-,40?,41?,42?,43?,44+,45?,46?,47?,48?,54-,55?,56?,57?,58?,59?,60-,61-,62-,63-,64?,65+,66+,67?,68-,69-,70+,71+,72-,73-/m0/s1. The molecule has 32 nitrogen and oxygen atoms in total. The van der Waals surface area contributed by atoms with Crippen molar-refractivity contribution < 1.29 is 105 Å².